The number of benzene rings is 2. The van der Waals surface area contributed by atoms with Crippen molar-refractivity contribution in [2.75, 3.05) is 11.9 Å². The highest BCUT2D eigenvalue weighted by molar-refractivity contribution is 6.34. The molecule has 2 N–H and O–H groups in total. The van der Waals surface area contributed by atoms with Gasteiger partial charge in [0.05, 0.1) is 16.8 Å². The van der Waals surface area contributed by atoms with E-state index in [0.29, 0.717) is 21.7 Å². The number of halogens is 5. The SMILES string of the molecule is OC(CNc1c(F)cc(F)cc1Cl)c1cc(Cl)ccc1Cl. The van der Waals surface area contributed by atoms with E-state index in [2.05, 4.69) is 5.32 Å². The number of rotatable bonds is 4. The summed E-state index contributed by atoms with van der Waals surface area (Å²) in [6.07, 6.45) is -1.03. The minimum atomic E-state index is -1.03. The molecule has 7 heteroatoms. The highest BCUT2D eigenvalue weighted by Gasteiger charge is 2.15. The van der Waals surface area contributed by atoms with Crippen molar-refractivity contribution < 1.29 is 13.9 Å². The fraction of sp³-hybridized carbons (Fsp3) is 0.143. The minimum Gasteiger partial charge on any atom is -0.387 e. The summed E-state index contributed by atoms with van der Waals surface area (Å²) >= 11 is 17.5. The summed E-state index contributed by atoms with van der Waals surface area (Å²) in [4.78, 5) is 0. The molecule has 0 radical (unpaired) electrons. The van der Waals surface area contributed by atoms with Crippen LogP contribution < -0.4 is 5.32 Å². The Labute approximate surface area is 135 Å². The van der Waals surface area contributed by atoms with E-state index in [-0.39, 0.29) is 17.3 Å². The van der Waals surface area contributed by atoms with Gasteiger partial charge in [-0.05, 0) is 24.3 Å². The number of hydrogen-bond donors (Lipinski definition) is 2. The molecule has 0 heterocycles. The lowest BCUT2D eigenvalue weighted by atomic mass is 10.1. The molecule has 2 rings (SSSR count). The van der Waals surface area contributed by atoms with Gasteiger partial charge in [-0.2, -0.15) is 0 Å². The Morgan fingerprint density at radius 2 is 1.76 bits per heavy atom. The molecule has 0 spiro atoms. The standard InChI is InChI=1S/C14H10Cl3F2NO/c15-7-1-2-10(16)9(3-7)13(21)6-20-14-11(17)4-8(18)5-12(14)19/h1-5,13,20-21H,6H2. The van der Waals surface area contributed by atoms with Gasteiger partial charge < -0.3 is 10.4 Å². The fourth-order valence-corrected chi connectivity index (χ4v) is 2.48. The zero-order valence-electron chi connectivity index (χ0n) is 10.5. The lowest BCUT2D eigenvalue weighted by Crippen LogP contribution is -2.14. The molecule has 0 saturated heterocycles. The van der Waals surface area contributed by atoms with Crippen molar-refractivity contribution in [3.8, 4) is 0 Å². The van der Waals surface area contributed by atoms with Crippen LogP contribution in [-0.2, 0) is 0 Å². The molecule has 0 saturated carbocycles. The molecule has 2 aromatic rings. The van der Waals surface area contributed by atoms with E-state index >= 15 is 0 Å². The summed E-state index contributed by atoms with van der Waals surface area (Å²) in [6, 6.07) is 6.33. The van der Waals surface area contributed by atoms with Crippen LogP contribution in [0, 0.1) is 11.6 Å². The van der Waals surface area contributed by atoms with Crippen molar-refractivity contribution >= 4 is 40.5 Å². The van der Waals surface area contributed by atoms with E-state index < -0.39 is 17.7 Å². The molecular weight excluding hydrogens is 343 g/mol. The summed E-state index contributed by atoms with van der Waals surface area (Å²) in [5, 5.41) is 13.3. The zero-order chi connectivity index (χ0) is 15.6. The van der Waals surface area contributed by atoms with Crippen molar-refractivity contribution in [3.05, 3.63) is 62.6 Å². The quantitative estimate of drug-likeness (QED) is 0.805. The van der Waals surface area contributed by atoms with Crippen LogP contribution in [0.3, 0.4) is 0 Å². The number of aliphatic hydroxyl groups excluding tert-OH is 1. The normalized spacial score (nSPS) is 12.3. The summed E-state index contributed by atoms with van der Waals surface area (Å²) in [7, 11) is 0. The Balaban J connectivity index is 2.15. The van der Waals surface area contributed by atoms with E-state index in [1.165, 1.54) is 6.07 Å². The summed E-state index contributed by atoms with van der Waals surface area (Å²) in [5.41, 5.74) is 0.311. The maximum atomic E-state index is 13.6. The van der Waals surface area contributed by atoms with Gasteiger partial charge >= 0.3 is 0 Å². The molecule has 0 aliphatic rings. The molecule has 112 valence electrons. The third-order valence-corrected chi connectivity index (χ3v) is 3.67. The highest BCUT2D eigenvalue weighted by Crippen LogP contribution is 2.29. The van der Waals surface area contributed by atoms with Crippen LogP contribution in [0.15, 0.2) is 30.3 Å². The Morgan fingerprint density at radius 1 is 1.05 bits per heavy atom. The van der Waals surface area contributed by atoms with E-state index in [9.17, 15) is 13.9 Å². The van der Waals surface area contributed by atoms with Crippen LogP contribution >= 0.6 is 34.8 Å². The average Bonchev–Trinajstić information content (AvgIpc) is 2.40. The maximum Gasteiger partial charge on any atom is 0.150 e. The predicted molar refractivity (Wildman–Crippen MR) is 81.3 cm³/mol. The van der Waals surface area contributed by atoms with Crippen molar-refractivity contribution in [2.24, 2.45) is 0 Å². The lowest BCUT2D eigenvalue weighted by molar-refractivity contribution is 0.191. The second kappa shape index (κ2) is 6.79. The largest absolute Gasteiger partial charge is 0.387 e. The molecule has 0 amide bonds. The van der Waals surface area contributed by atoms with Crippen molar-refractivity contribution in [3.63, 3.8) is 0 Å². The van der Waals surface area contributed by atoms with Crippen molar-refractivity contribution in [2.45, 2.75) is 6.10 Å². The van der Waals surface area contributed by atoms with Gasteiger partial charge in [0, 0.05) is 28.2 Å². The van der Waals surface area contributed by atoms with E-state index in [4.69, 9.17) is 34.8 Å². The molecule has 1 unspecified atom stereocenters. The monoisotopic (exact) mass is 351 g/mol. The smallest absolute Gasteiger partial charge is 0.150 e. The van der Waals surface area contributed by atoms with Crippen LogP contribution in [0.2, 0.25) is 15.1 Å². The first kappa shape index (κ1) is 16.3. The van der Waals surface area contributed by atoms with E-state index in [0.717, 1.165) is 6.07 Å². The molecule has 0 aliphatic heterocycles. The van der Waals surface area contributed by atoms with Gasteiger partial charge in [0.15, 0.2) is 5.82 Å². The molecular formula is C14H10Cl3F2NO. The molecule has 2 nitrogen and oxygen atoms in total. The first-order valence-electron chi connectivity index (χ1n) is 5.90. The van der Waals surface area contributed by atoms with Gasteiger partial charge in [0.1, 0.15) is 5.82 Å². The number of hydrogen-bond acceptors (Lipinski definition) is 2. The second-order valence-corrected chi connectivity index (χ2v) is 5.56. The van der Waals surface area contributed by atoms with Crippen LogP contribution in [0.1, 0.15) is 11.7 Å². The van der Waals surface area contributed by atoms with E-state index in [1.807, 2.05) is 0 Å². The minimum absolute atomic E-state index is 0.0671. The molecule has 21 heavy (non-hydrogen) atoms. The van der Waals surface area contributed by atoms with Gasteiger partial charge in [-0.1, -0.05) is 34.8 Å². The number of nitrogens with one attached hydrogen (secondary N) is 1. The van der Waals surface area contributed by atoms with Gasteiger partial charge in [-0.15, -0.1) is 0 Å². The van der Waals surface area contributed by atoms with Gasteiger partial charge in [0.25, 0.3) is 0 Å². The Morgan fingerprint density at radius 3 is 2.43 bits per heavy atom. The van der Waals surface area contributed by atoms with Gasteiger partial charge in [0.2, 0.25) is 0 Å². The molecule has 2 aromatic carbocycles. The van der Waals surface area contributed by atoms with E-state index in [1.54, 1.807) is 12.1 Å². The Bertz CT molecular complexity index is 644. The lowest BCUT2D eigenvalue weighted by Gasteiger charge is -2.16. The van der Waals surface area contributed by atoms with Crippen LogP contribution in [0.4, 0.5) is 14.5 Å². The zero-order valence-corrected chi connectivity index (χ0v) is 12.8. The molecule has 0 bridgehead atoms. The fourth-order valence-electron chi connectivity index (χ4n) is 1.79. The third kappa shape index (κ3) is 3.98. The summed E-state index contributed by atoms with van der Waals surface area (Å²) < 4.78 is 26.5. The predicted octanol–water partition coefficient (Wildman–Crippen LogP) is 5.07. The molecule has 1 atom stereocenters. The average molecular weight is 353 g/mol. The third-order valence-electron chi connectivity index (χ3n) is 2.80. The van der Waals surface area contributed by atoms with Crippen molar-refractivity contribution in [1.82, 2.24) is 0 Å². The van der Waals surface area contributed by atoms with Gasteiger partial charge in [-0.3, -0.25) is 0 Å². The van der Waals surface area contributed by atoms with Crippen LogP contribution in [0.5, 0.6) is 0 Å². The Kier molecular flexibility index (Phi) is 5.27. The van der Waals surface area contributed by atoms with Crippen LogP contribution in [0.25, 0.3) is 0 Å². The first-order chi connectivity index (χ1) is 9.88. The number of anilines is 1. The second-order valence-electron chi connectivity index (χ2n) is 4.31. The molecule has 0 fully saturated rings. The Hall–Kier alpha value is -1.07. The highest BCUT2D eigenvalue weighted by atomic mass is 35.5. The van der Waals surface area contributed by atoms with Crippen molar-refractivity contribution in [1.29, 1.82) is 0 Å². The summed E-state index contributed by atoms with van der Waals surface area (Å²) in [5.74, 6) is -1.62. The van der Waals surface area contributed by atoms with Gasteiger partial charge in [-0.25, -0.2) is 8.78 Å². The maximum absolute atomic E-state index is 13.6. The molecule has 0 aliphatic carbocycles. The topological polar surface area (TPSA) is 32.3 Å². The first-order valence-corrected chi connectivity index (χ1v) is 7.03. The van der Waals surface area contributed by atoms with Crippen LogP contribution in [-0.4, -0.2) is 11.7 Å². The molecule has 0 aromatic heterocycles. The number of aliphatic hydroxyl groups is 1. The summed E-state index contributed by atoms with van der Waals surface area (Å²) in [6.45, 7) is -0.0671.